The van der Waals surface area contributed by atoms with Gasteiger partial charge in [0.1, 0.15) is 0 Å². The van der Waals surface area contributed by atoms with Crippen molar-refractivity contribution in [2.24, 2.45) is 0 Å². The lowest BCUT2D eigenvalue weighted by Gasteiger charge is -2.14. The molecule has 1 amide bonds. The minimum absolute atomic E-state index is 0.116. The first-order chi connectivity index (χ1) is 9.97. The van der Waals surface area contributed by atoms with E-state index in [4.69, 9.17) is 11.6 Å². The first-order valence-electron chi connectivity index (χ1n) is 6.47. The minimum atomic E-state index is -1.04. The SMILES string of the molecule is C[C@@H](NC(=O)c1ccc([S@@](C)=O)cc1)c1ccc(Cl)cc1. The second-order valence-electron chi connectivity index (χ2n) is 4.73. The van der Waals surface area contributed by atoms with Crippen LogP contribution in [0.15, 0.2) is 53.4 Å². The zero-order valence-electron chi connectivity index (χ0n) is 11.8. The maximum absolute atomic E-state index is 12.2. The molecule has 2 aromatic rings. The second kappa shape index (κ2) is 6.87. The molecule has 0 fully saturated rings. The van der Waals surface area contributed by atoms with Gasteiger partial charge in [0.2, 0.25) is 0 Å². The number of hydrogen-bond acceptors (Lipinski definition) is 2. The van der Waals surface area contributed by atoms with Gasteiger partial charge in [-0.2, -0.15) is 0 Å². The Bertz CT molecular complexity index is 653. The van der Waals surface area contributed by atoms with Crippen molar-refractivity contribution in [3.63, 3.8) is 0 Å². The van der Waals surface area contributed by atoms with Crippen molar-refractivity contribution in [1.29, 1.82) is 0 Å². The number of benzene rings is 2. The molecule has 5 heteroatoms. The summed E-state index contributed by atoms with van der Waals surface area (Å²) in [5, 5.41) is 3.59. The molecule has 2 rings (SSSR count). The predicted molar refractivity (Wildman–Crippen MR) is 86.1 cm³/mol. The van der Waals surface area contributed by atoms with Gasteiger partial charge in [0.05, 0.1) is 6.04 Å². The highest BCUT2D eigenvalue weighted by Gasteiger charge is 2.11. The average molecular weight is 322 g/mol. The summed E-state index contributed by atoms with van der Waals surface area (Å²) in [5.74, 6) is -0.161. The summed E-state index contributed by atoms with van der Waals surface area (Å²) < 4.78 is 11.3. The van der Waals surface area contributed by atoms with Crippen LogP contribution in [0.3, 0.4) is 0 Å². The fourth-order valence-electron chi connectivity index (χ4n) is 1.91. The molecule has 3 nitrogen and oxygen atoms in total. The number of carbonyl (C=O) groups is 1. The highest BCUT2D eigenvalue weighted by atomic mass is 35.5. The predicted octanol–water partition coefficient (Wildman–Crippen LogP) is 3.57. The van der Waals surface area contributed by atoms with Crippen molar-refractivity contribution in [3.05, 3.63) is 64.7 Å². The highest BCUT2D eigenvalue weighted by Crippen LogP contribution is 2.17. The van der Waals surface area contributed by atoms with Gasteiger partial charge in [0.15, 0.2) is 0 Å². The molecule has 0 aliphatic rings. The minimum Gasteiger partial charge on any atom is -0.346 e. The van der Waals surface area contributed by atoms with Gasteiger partial charge >= 0.3 is 0 Å². The standard InChI is InChI=1S/C16H16ClNO2S/c1-11(12-3-7-14(17)8-4-12)18-16(19)13-5-9-15(10-6-13)21(2)20/h3-11H,1-2H3,(H,18,19)/t11-,21-/m1/s1. The largest absolute Gasteiger partial charge is 0.346 e. The van der Waals surface area contributed by atoms with Crippen molar-refractivity contribution < 1.29 is 9.00 Å². The molecule has 1 N–H and O–H groups in total. The zero-order chi connectivity index (χ0) is 15.4. The zero-order valence-corrected chi connectivity index (χ0v) is 13.4. The van der Waals surface area contributed by atoms with E-state index in [-0.39, 0.29) is 11.9 Å². The van der Waals surface area contributed by atoms with Crippen LogP contribution in [-0.2, 0) is 10.8 Å². The Balaban J connectivity index is 2.06. The van der Waals surface area contributed by atoms with E-state index >= 15 is 0 Å². The maximum Gasteiger partial charge on any atom is 0.251 e. The highest BCUT2D eigenvalue weighted by molar-refractivity contribution is 7.84. The molecule has 0 heterocycles. The van der Waals surface area contributed by atoms with E-state index < -0.39 is 10.8 Å². The third kappa shape index (κ3) is 4.16. The van der Waals surface area contributed by atoms with Gasteiger partial charge in [0, 0.05) is 32.5 Å². The Labute approximate surface area is 131 Å². The van der Waals surface area contributed by atoms with Gasteiger partial charge in [-0.25, -0.2) is 0 Å². The number of rotatable bonds is 4. The Kier molecular flexibility index (Phi) is 5.15. The van der Waals surface area contributed by atoms with E-state index in [2.05, 4.69) is 5.32 Å². The van der Waals surface area contributed by atoms with E-state index in [0.29, 0.717) is 15.5 Å². The molecule has 21 heavy (non-hydrogen) atoms. The summed E-state index contributed by atoms with van der Waals surface area (Å²) in [4.78, 5) is 12.9. The number of amides is 1. The van der Waals surface area contributed by atoms with E-state index in [1.807, 2.05) is 19.1 Å². The first kappa shape index (κ1) is 15.7. The van der Waals surface area contributed by atoms with E-state index in [9.17, 15) is 9.00 Å². The monoisotopic (exact) mass is 321 g/mol. The molecule has 0 radical (unpaired) electrons. The van der Waals surface area contributed by atoms with Crippen molar-refractivity contribution in [1.82, 2.24) is 5.32 Å². The van der Waals surface area contributed by atoms with E-state index in [1.54, 1.807) is 42.7 Å². The van der Waals surface area contributed by atoms with Gasteiger partial charge in [0.25, 0.3) is 5.91 Å². The Morgan fingerprint density at radius 2 is 1.67 bits per heavy atom. The van der Waals surface area contributed by atoms with Gasteiger partial charge in [-0.1, -0.05) is 23.7 Å². The number of carbonyl (C=O) groups excluding carboxylic acids is 1. The maximum atomic E-state index is 12.2. The van der Waals surface area contributed by atoms with Crippen LogP contribution in [0.1, 0.15) is 28.9 Å². The lowest BCUT2D eigenvalue weighted by molar-refractivity contribution is 0.0940. The summed E-state index contributed by atoms with van der Waals surface area (Å²) in [6, 6.07) is 14.0. The summed E-state index contributed by atoms with van der Waals surface area (Å²) in [7, 11) is -1.04. The lowest BCUT2D eigenvalue weighted by atomic mass is 10.1. The molecule has 0 unspecified atom stereocenters. The van der Waals surface area contributed by atoms with Gasteiger partial charge < -0.3 is 5.32 Å². The smallest absolute Gasteiger partial charge is 0.251 e. The Hall–Kier alpha value is -1.65. The fraction of sp³-hybridized carbons (Fsp3) is 0.188. The molecule has 0 saturated heterocycles. The van der Waals surface area contributed by atoms with Crippen molar-refractivity contribution in [2.45, 2.75) is 17.9 Å². The summed E-state index contributed by atoms with van der Waals surface area (Å²) in [5.41, 5.74) is 1.53. The molecule has 110 valence electrons. The molecular formula is C16H16ClNO2S. The second-order valence-corrected chi connectivity index (χ2v) is 6.54. The summed E-state index contributed by atoms with van der Waals surface area (Å²) in [6.45, 7) is 1.91. The fourth-order valence-corrected chi connectivity index (χ4v) is 2.56. The van der Waals surface area contributed by atoms with E-state index in [1.165, 1.54) is 0 Å². The van der Waals surface area contributed by atoms with E-state index in [0.717, 1.165) is 5.56 Å². The summed E-state index contributed by atoms with van der Waals surface area (Å²) in [6.07, 6.45) is 1.61. The molecule has 0 aliphatic heterocycles. The quantitative estimate of drug-likeness (QED) is 0.935. The Morgan fingerprint density at radius 3 is 2.19 bits per heavy atom. The van der Waals surface area contributed by atoms with Crippen molar-refractivity contribution >= 4 is 28.3 Å². The molecule has 0 spiro atoms. The number of halogens is 1. The Morgan fingerprint density at radius 1 is 1.10 bits per heavy atom. The average Bonchev–Trinajstić information content (AvgIpc) is 2.47. The lowest BCUT2D eigenvalue weighted by Crippen LogP contribution is -2.26. The van der Waals surface area contributed by atoms with Gasteiger partial charge in [-0.3, -0.25) is 9.00 Å². The van der Waals surface area contributed by atoms with Crippen LogP contribution >= 0.6 is 11.6 Å². The van der Waals surface area contributed by atoms with Gasteiger partial charge in [-0.15, -0.1) is 0 Å². The van der Waals surface area contributed by atoms with Crippen LogP contribution < -0.4 is 5.32 Å². The van der Waals surface area contributed by atoms with Crippen LogP contribution in [-0.4, -0.2) is 16.4 Å². The van der Waals surface area contributed by atoms with Crippen LogP contribution in [0.2, 0.25) is 5.02 Å². The molecule has 2 atom stereocenters. The van der Waals surface area contributed by atoms with Gasteiger partial charge in [-0.05, 0) is 48.9 Å². The molecule has 0 bridgehead atoms. The summed E-state index contributed by atoms with van der Waals surface area (Å²) >= 11 is 5.85. The first-order valence-corrected chi connectivity index (χ1v) is 8.41. The van der Waals surface area contributed by atoms with Crippen LogP contribution in [0.25, 0.3) is 0 Å². The topological polar surface area (TPSA) is 46.2 Å². The third-order valence-electron chi connectivity index (χ3n) is 3.17. The molecule has 0 aromatic heterocycles. The number of nitrogens with one attached hydrogen (secondary N) is 1. The van der Waals surface area contributed by atoms with Crippen LogP contribution in [0.5, 0.6) is 0 Å². The van der Waals surface area contributed by atoms with Crippen LogP contribution in [0.4, 0.5) is 0 Å². The number of hydrogen-bond donors (Lipinski definition) is 1. The molecule has 0 aliphatic carbocycles. The third-order valence-corrected chi connectivity index (χ3v) is 4.35. The van der Waals surface area contributed by atoms with Crippen LogP contribution in [0, 0.1) is 0 Å². The molecule has 2 aromatic carbocycles. The molecular weight excluding hydrogens is 306 g/mol. The normalized spacial score (nSPS) is 13.5. The van der Waals surface area contributed by atoms with Crippen molar-refractivity contribution in [3.8, 4) is 0 Å². The molecule has 0 saturated carbocycles. The van der Waals surface area contributed by atoms with Crippen molar-refractivity contribution in [2.75, 3.05) is 6.26 Å².